The summed E-state index contributed by atoms with van der Waals surface area (Å²) in [6, 6.07) is 8.84. The van der Waals surface area contributed by atoms with Gasteiger partial charge in [-0.25, -0.2) is 0 Å². The van der Waals surface area contributed by atoms with E-state index in [1.165, 1.54) is 6.92 Å². The molecular weight excluding hydrogens is 303 g/mol. The Morgan fingerprint density at radius 2 is 2.17 bits per heavy atom. The Hall–Kier alpha value is -2.12. The first-order valence-electron chi connectivity index (χ1n) is 7.33. The lowest BCUT2D eigenvalue weighted by atomic mass is 10.0. The second-order valence-corrected chi connectivity index (χ2v) is 5.41. The van der Waals surface area contributed by atoms with Gasteiger partial charge in [-0.2, -0.15) is 0 Å². The van der Waals surface area contributed by atoms with Crippen molar-refractivity contribution >= 4 is 5.97 Å². The number of nitrogens with zero attached hydrogens (tertiary/aromatic N) is 3. The van der Waals surface area contributed by atoms with Gasteiger partial charge in [0.2, 0.25) is 0 Å². The lowest BCUT2D eigenvalue weighted by molar-refractivity contribution is -0.209. The zero-order valence-electron chi connectivity index (χ0n) is 12.6. The molecule has 0 unspecified atom stereocenters. The zero-order chi connectivity index (χ0) is 16.2. The molecule has 2 bridgehead atoms. The van der Waals surface area contributed by atoms with Crippen LogP contribution in [-0.2, 0) is 30.3 Å². The minimum atomic E-state index is -0.775. The van der Waals surface area contributed by atoms with Gasteiger partial charge in [0.15, 0.2) is 6.29 Å². The first-order valence-corrected chi connectivity index (χ1v) is 7.33. The van der Waals surface area contributed by atoms with Gasteiger partial charge in [-0.15, -0.1) is 0 Å². The maximum absolute atomic E-state index is 11.4. The summed E-state index contributed by atoms with van der Waals surface area (Å²) in [7, 11) is 0. The molecule has 0 amide bonds. The summed E-state index contributed by atoms with van der Waals surface area (Å²) in [5, 5.41) is 3.68. The summed E-state index contributed by atoms with van der Waals surface area (Å²) >= 11 is 0. The molecule has 0 N–H and O–H groups in total. The van der Waals surface area contributed by atoms with E-state index in [-0.39, 0.29) is 6.10 Å². The second kappa shape index (κ2) is 6.97. The predicted molar refractivity (Wildman–Crippen MR) is 78.1 cm³/mol. The molecule has 2 saturated heterocycles. The predicted octanol–water partition coefficient (Wildman–Crippen LogP) is 1.94. The van der Waals surface area contributed by atoms with E-state index in [2.05, 4.69) is 10.0 Å². The smallest absolute Gasteiger partial charge is 0.303 e. The molecule has 23 heavy (non-hydrogen) atoms. The molecular formula is C15H17N3O5. The van der Waals surface area contributed by atoms with Crippen LogP contribution in [0.1, 0.15) is 12.5 Å². The SMILES string of the molecule is CC(=O)O[C@@H]1[C@@H](N=[N+]=[N-])[C@@H]2O[13CH2][C@@H](O2)[C@H]1OCc1ccccc1. The summed E-state index contributed by atoms with van der Waals surface area (Å²) < 4.78 is 22.4. The third-order valence-corrected chi connectivity index (χ3v) is 3.81. The van der Waals surface area contributed by atoms with Crippen LogP contribution in [0.3, 0.4) is 0 Å². The average Bonchev–Trinajstić information content (AvgIpc) is 2.97. The number of hydrogen-bond acceptors (Lipinski definition) is 6. The normalized spacial score (nSPS) is 32.1. The Morgan fingerprint density at radius 1 is 1.39 bits per heavy atom. The van der Waals surface area contributed by atoms with Crippen molar-refractivity contribution in [1.82, 2.24) is 0 Å². The van der Waals surface area contributed by atoms with Crippen LogP contribution in [0.4, 0.5) is 0 Å². The zero-order valence-corrected chi connectivity index (χ0v) is 12.6. The minimum absolute atomic E-state index is 0.305. The van der Waals surface area contributed by atoms with E-state index in [1.807, 2.05) is 30.3 Å². The van der Waals surface area contributed by atoms with Gasteiger partial charge in [0.05, 0.1) is 13.2 Å². The molecule has 8 nitrogen and oxygen atoms in total. The van der Waals surface area contributed by atoms with Gasteiger partial charge >= 0.3 is 5.97 Å². The van der Waals surface area contributed by atoms with Crippen molar-refractivity contribution < 1.29 is 23.7 Å². The van der Waals surface area contributed by atoms with E-state index in [0.717, 1.165) is 5.56 Å². The molecule has 8 heteroatoms. The number of benzene rings is 1. The topological polar surface area (TPSA) is 103 Å². The average molecular weight is 320 g/mol. The summed E-state index contributed by atoms with van der Waals surface area (Å²) in [5.41, 5.74) is 9.74. The third-order valence-electron chi connectivity index (χ3n) is 3.81. The van der Waals surface area contributed by atoms with E-state index in [0.29, 0.717) is 13.2 Å². The number of fused-ring (bicyclic) bond motifs is 2. The van der Waals surface area contributed by atoms with Crippen molar-refractivity contribution in [2.45, 2.75) is 44.2 Å². The standard InChI is InChI=1S/C15H17N3O5/c1-9(19)22-14-12(17-18-16)15-21-8-11(23-15)13(14)20-7-10-5-3-2-4-6-10/h2-6,11-15H,7-8H2,1H3/t11-,12-,13-,14-,15-/m1/s1/i8+1. The Kier molecular flexibility index (Phi) is 4.78. The highest BCUT2D eigenvalue weighted by Crippen LogP contribution is 2.34. The van der Waals surface area contributed by atoms with Gasteiger partial charge in [0, 0.05) is 11.8 Å². The lowest BCUT2D eigenvalue weighted by Crippen LogP contribution is -2.55. The molecule has 5 atom stereocenters. The molecule has 1 aromatic carbocycles. The van der Waals surface area contributed by atoms with Gasteiger partial charge in [-0.05, 0) is 11.1 Å². The lowest BCUT2D eigenvalue weighted by Gasteiger charge is -2.38. The van der Waals surface area contributed by atoms with E-state index in [1.54, 1.807) is 0 Å². The minimum Gasteiger partial charge on any atom is -0.459 e. The maximum Gasteiger partial charge on any atom is 0.303 e. The van der Waals surface area contributed by atoms with E-state index < -0.39 is 30.5 Å². The van der Waals surface area contributed by atoms with Crippen LogP contribution in [0.2, 0.25) is 0 Å². The van der Waals surface area contributed by atoms with Crippen LogP contribution in [0.25, 0.3) is 10.4 Å². The number of ether oxygens (including phenoxy) is 4. The Morgan fingerprint density at radius 3 is 2.87 bits per heavy atom. The van der Waals surface area contributed by atoms with Gasteiger partial charge < -0.3 is 18.9 Å². The number of carbonyl (C=O) groups is 1. The molecule has 0 radical (unpaired) electrons. The molecule has 1 aromatic rings. The Bertz CT molecular complexity index is 604. The number of esters is 1. The van der Waals surface area contributed by atoms with Crippen molar-refractivity contribution in [1.29, 1.82) is 0 Å². The highest BCUT2D eigenvalue weighted by Gasteiger charge is 2.52. The molecule has 2 aliphatic rings. The summed E-state index contributed by atoms with van der Waals surface area (Å²) in [4.78, 5) is 14.2. The number of rotatable bonds is 5. The van der Waals surface area contributed by atoms with Gasteiger partial charge in [-0.1, -0.05) is 35.4 Å². The van der Waals surface area contributed by atoms with E-state index in [9.17, 15) is 4.79 Å². The van der Waals surface area contributed by atoms with Crippen molar-refractivity contribution in [3.05, 3.63) is 46.3 Å². The van der Waals surface area contributed by atoms with Crippen LogP contribution < -0.4 is 0 Å². The first kappa shape index (κ1) is 15.8. The largest absolute Gasteiger partial charge is 0.459 e. The van der Waals surface area contributed by atoms with Crippen LogP contribution in [-0.4, -0.2) is 43.2 Å². The summed E-state index contributed by atoms with van der Waals surface area (Å²) in [5.74, 6) is -0.470. The summed E-state index contributed by atoms with van der Waals surface area (Å²) in [6.07, 6.45) is -2.37. The highest BCUT2D eigenvalue weighted by atomic mass is 16.8. The van der Waals surface area contributed by atoms with Crippen molar-refractivity contribution in [3.63, 3.8) is 0 Å². The Balaban J connectivity index is 1.78. The van der Waals surface area contributed by atoms with Gasteiger partial charge in [-0.3, -0.25) is 4.79 Å². The van der Waals surface area contributed by atoms with Crippen molar-refractivity contribution in [2.75, 3.05) is 6.61 Å². The highest BCUT2D eigenvalue weighted by molar-refractivity contribution is 5.66. The van der Waals surface area contributed by atoms with Gasteiger partial charge in [0.25, 0.3) is 0 Å². The molecule has 122 valence electrons. The van der Waals surface area contributed by atoms with Crippen LogP contribution >= 0.6 is 0 Å². The van der Waals surface area contributed by atoms with E-state index >= 15 is 0 Å². The molecule has 0 spiro atoms. The number of carbonyl (C=O) groups excluding carboxylic acids is 1. The second-order valence-electron chi connectivity index (χ2n) is 5.41. The van der Waals surface area contributed by atoms with Crippen molar-refractivity contribution in [2.24, 2.45) is 5.11 Å². The molecule has 0 aromatic heterocycles. The Labute approximate surface area is 132 Å². The fourth-order valence-electron chi connectivity index (χ4n) is 2.83. The number of azide groups is 1. The monoisotopic (exact) mass is 320 g/mol. The molecule has 2 heterocycles. The van der Waals surface area contributed by atoms with Crippen LogP contribution in [0.15, 0.2) is 35.4 Å². The third kappa shape index (κ3) is 3.46. The van der Waals surface area contributed by atoms with Crippen LogP contribution in [0.5, 0.6) is 0 Å². The number of hydrogen-bond donors (Lipinski definition) is 0. The quantitative estimate of drug-likeness (QED) is 0.271. The fraction of sp³-hybridized carbons (Fsp3) is 0.533. The fourth-order valence-corrected chi connectivity index (χ4v) is 2.83. The molecule has 0 saturated carbocycles. The summed E-state index contributed by atoms with van der Waals surface area (Å²) in [6.45, 7) is 1.94. The molecule has 2 aliphatic heterocycles. The molecule has 2 fully saturated rings. The van der Waals surface area contributed by atoms with Crippen LogP contribution in [0, 0.1) is 0 Å². The van der Waals surface area contributed by atoms with Crippen molar-refractivity contribution in [3.8, 4) is 0 Å². The van der Waals surface area contributed by atoms with Gasteiger partial charge in [0.1, 0.15) is 24.4 Å². The molecule has 3 rings (SSSR count). The first-order chi connectivity index (χ1) is 11.2. The molecule has 0 aliphatic carbocycles. The van der Waals surface area contributed by atoms with E-state index in [4.69, 9.17) is 24.5 Å². The maximum atomic E-state index is 11.4.